The number of likely N-dealkylation sites (tertiary alicyclic amines) is 1. The van der Waals surface area contributed by atoms with Crippen molar-refractivity contribution in [3.8, 4) is 0 Å². The minimum Gasteiger partial charge on any atom is -0.368 e. The lowest BCUT2D eigenvalue weighted by Crippen LogP contribution is -2.51. The Balaban J connectivity index is 1.44. The van der Waals surface area contributed by atoms with Crippen molar-refractivity contribution in [2.24, 2.45) is 0 Å². The molecule has 5 rings (SSSR count). The Labute approximate surface area is 179 Å². The van der Waals surface area contributed by atoms with Gasteiger partial charge in [-0.1, -0.05) is 12.1 Å². The Bertz CT molecular complexity index is 1080. The Morgan fingerprint density at radius 3 is 2.81 bits per heavy atom. The minimum atomic E-state index is -0.497. The van der Waals surface area contributed by atoms with Crippen molar-refractivity contribution >= 4 is 29.5 Å². The van der Waals surface area contributed by atoms with Gasteiger partial charge in [0.2, 0.25) is 11.9 Å². The van der Waals surface area contributed by atoms with Gasteiger partial charge in [-0.25, -0.2) is 14.8 Å². The summed E-state index contributed by atoms with van der Waals surface area (Å²) in [5.41, 5.74) is 8.73. The number of piperidine rings is 1. The van der Waals surface area contributed by atoms with Crippen molar-refractivity contribution < 1.29 is 14.4 Å². The van der Waals surface area contributed by atoms with Gasteiger partial charge in [-0.2, -0.15) is 0 Å². The zero-order chi connectivity index (χ0) is 21.6. The van der Waals surface area contributed by atoms with Gasteiger partial charge in [0.1, 0.15) is 0 Å². The smallest absolute Gasteiger partial charge is 0.328 e. The van der Waals surface area contributed by atoms with Crippen LogP contribution in [0.1, 0.15) is 47.3 Å². The first-order valence-corrected chi connectivity index (χ1v) is 10.6. The number of aromatic nitrogens is 2. The van der Waals surface area contributed by atoms with Crippen LogP contribution in [0.25, 0.3) is 0 Å². The third-order valence-corrected chi connectivity index (χ3v) is 6.60. The summed E-state index contributed by atoms with van der Waals surface area (Å²) in [5, 5.41) is 2.33. The number of imide groups is 1. The molecule has 1 aromatic carbocycles. The lowest BCUT2D eigenvalue weighted by atomic mass is 9.77. The summed E-state index contributed by atoms with van der Waals surface area (Å²) in [6.45, 7) is 1.46. The maximum atomic E-state index is 13.6. The number of fused-ring (bicyclic) bond motifs is 2. The molecular formula is C22H24N6O3. The van der Waals surface area contributed by atoms with Crippen molar-refractivity contribution in [1.29, 1.82) is 0 Å². The van der Waals surface area contributed by atoms with E-state index in [-0.39, 0.29) is 36.1 Å². The van der Waals surface area contributed by atoms with E-state index in [2.05, 4.69) is 15.3 Å². The number of aryl methyl sites for hydroxylation is 1. The van der Waals surface area contributed by atoms with E-state index in [0.29, 0.717) is 24.3 Å². The predicted octanol–water partition coefficient (Wildman–Crippen LogP) is 1.63. The SMILES string of the molecule is Nc1ncc2c(n1)C1(CCCN(C(=O)c3ccccc3N3CCC(=O)NC3=O)C1)CC2. The Kier molecular flexibility index (Phi) is 4.60. The van der Waals surface area contributed by atoms with Crippen LogP contribution in [0.4, 0.5) is 16.4 Å². The molecule has 3 aliphatic rings. The molecule has 31 heavy (non-hydrogen) atoms. The number of benzene rings is 1. The second-order valence-corrected chi connectivity index (χ2v) is 8.48. The molecule has 0 bridgehead atoms. The molecule has 1 unspecified atom stereocenters. The van der Waals surface area contributed by atoms with Crippen molar-refractivity contribution in [1.82, 2.24) is 20.2 Å². The number of urea groups is 1. The average molecular weight is 420 g/mol. The van der Waals surface area contributed by atoms with Crippen LogP contribution in [0.5, 0.6) is 0 Å². The summed E-state index contributed by atoms with van der Waals surface area (Å²) in [7, 11) is 0. The van der Waals surface area contributed by atoms with E-state index in [9.17, 15) is 14.4 Å². The first-order valence-electron chi connectivity index (χ1n) is 10.6. The van der Waals surface area contributed by atoms with Crippen LogP contribution in [-0.4, -0.2) is 52.3 Å². The molecular weight excluding hydrogens is 396 g/mol. The van der Waals surface area contributed by atoms with Gasteiger partial charge < -0.3 is 10.6 Å². The molecule has 3 heterocycles. The highest BCUT2D eigenvalue weighted by atomic mass is 16.2. The van der Waals surface area contributed by atoms with Crippen molar-refractivity contribution in [3.63, 3.8) is 0 Å². The zero-order valence-electron chi connectivity index (χ0n) is 17.1. The summed E-state index contributed by atoms with van der Waals surface area (Å²) >= 11 is 0. The van der Waals surface area contributed by atoms with Crippen LogP contribution in [0, 0.1) is 0 Å². The summed E-state index contributed by atoms with van der Waals surface area (Å²) in [6.07, 6.45) is 5.64. The molecule has 1 spiro atoms. The number of nitrogens with zero attached hydrogens (tertiary/aromatic N) is 4. The van der Waals surface area contributed by atoms with Crippen molar-refractivity contribution in [3.05, 3.63) is 47.3 Å². The molecule has 1 atom stereocenters. The molecule has 9 heteroatoms. The normalized spacial score (nSPS) is 23.1. The molecule has 2 fully saturated rings. The van der Waals surface area contributed by atoms with E-state index in [4.69, 9.17) is 5.73 Å². The number of carbonyl (C=O) groups is 3. The summed E-state index contributed by atoms with van der Waals surface area (Å²) in [5.74, 6) is -0.154. The summed E-state index contributed by atoms with van der Waals surface area (Å²) < 4.78 is 0. The maximum absolute atomic E-state index is 13.6. The van der Waals surface area contributed by atoms with Crippen LogP contribution < -0.4 is 16.0 Å². The summed E-state index contributed by atoms with van der Waals surface area (Å²) in [4.78, 5) is 49.5. The molecule has 1 aromatic heterocycles. The number of para-hydroxylation sites is 1. The van der Waals surface area contributed by atoms with Gasteiger partial charge in [-0.05, 0) is 43.4 Å². The number of nitrogen functional groups attached to an aromatic ring is 1. The molecule has 1 aliphatic carbocycles. The lowest BCUT2D eigenvalue weighted by molar-refractivity contribution is -0.120. The lowest BCUT2D eigenvalue weighted by Gasteiger charge is -2.41. The molecule has 0 saturated carbocycles. The fourth-order valence-corrected chi connectivity index (χ4v) is 5.11. The van der Waals surface area contributed by atoms with Crippen LogP contribution in [0.15, 0.2) is 30.5 Å². The predicted molar refractivity (Wildman–Crippen MR) is 114 cm³/mol. The first kappa shape index (κ1) is 19.5. The van der Waals surface area contributed by atoms with Crippen molar-refractivity contribution in [2.75, 3.05) is 30.3 Å². The number of hydrogen-bond acceptors (Lipinski definition) is 6. The van der Waals surface area contributed by atoms with E-state index < -0.39 is 6.03 Å². The van der Waals surface area contributed by atoms with Gasteiger partial charge in [0.25, 0.3) is 5.91 Å². The molecule has 2 aliphatic heterocycles. The van der Waals surface area contributed by atoms with Crippen LogP contribution in [0.2, 0.25) is 0 Å². The highest BCUT2D eigenvalue weighted by Gasteiger charge is 2.45. The second-order valence-electron chi connectivity index (χ2n) is 8.48. The number of carbonyl (C=O) groups excluding carboxylic acids is 3. The largest absolute Gasteiger partial charge is 0.368 e. The average Bonchev–Trinajstić information content (AvgIpc) is 3.10. The molecule has 4 amide bonds. The molecule has 2 aromatic rings. The quantitative estimate of drug-likeness (QED) is 0.762. The standard InChI is InChI=1S/C22H24N6O3/c23-20-24-12-14-6-9-22(18(14)26-20)8-3-10-27(13-22)19(30)15-4-1-2-5-16(15)28-11-7-17(29)25-21(28)31/h1-2,4-5,12H,3,6-11,13H2,(H2,23,24,26)(H,25,29,31). The third-order valence-electron chi connectivity index (χ3n) is 6.60. The zero-order valence-corrected chi connectivity index (χ0v) is 17.1. The van der Waals surface area contributed by atoms with Gasteiger partial charge >= 0.3 is 6.03 Å². The van der Waals surface area contributed by atoms with Gasteiger partial charge in [0.05, 0.1) is 16.9 Å². The molecule has 160 valence electrons. The molecule has 0 radical (unpaired) electrons. The number of hydrogen-bond donors (Lipinski definition) is 2. The van der Waals surface area contributed by atoms with Crippen LogP contribution >= 0.6 is 0 Å². The molecule has 3 N–H and O–H groups in total. The van der Waals surface area contributed by atoms with Crippen LogP contribution in [-0.2, 0) is 16.6 Å². The van der Waals surface area contributed by atoms with Gasteiger partial charge in [0, 0.05) is 37.7 Å². The van der Waals surface area contributed by atoms with Crippen molar-refractivity contribution in [2.45, 2.75) is 37.5 Å². The van der Waals surface area contributed by atoms with E-state index in [0.717, 1.165) is 36.9 Å². The van der Waals surface area contributed by atoms with E-state index in [1.165, 1.54) is 4.90 Å². The summed E-state index contributed by atoms with van der Waals surface area (Å²) in [6, 6.07) is 6.58. The van der Waals surface area contributed by atoms with E-state index in [1.54, 1.807) is 30.5 Å². The number of anilines is 2. The Morgan fingerprint density at radius 2 is 1.97 bits per heavy atom. The number of nitrogens with two attached hydrogens (primary N) is 1. The second kappa shape index (κ2) is 7.33. The number of nitrogens with one attached hydrogen (secondary N) is 1. The van der Waals surface area contributed by atoms with E-state index >= 15 is 0 Å². The fraction of sp³-hybridized carbons (Fsp3) is 0.409. The van der Waals surface area contributed by atoms with E-state index in [1.807, 2.05) is 4.90 Å². The number of rotatable bonds is 2. The molecule has 9 nitrogen and oxygen atoms in total. The van der Waals surface area contributed by atoms with Gasteiger partial charge in [-0.15, -0.1) is 0 Å². The Hall–Kier alpha value is -3.49. The maximum Gasteiger partial charge on any atom is 0.328 e. The number of amides is 4. The first-order chi connectivity index (χ1) is 15.0. The van der Waals surface area contributed by atoms with Crippen LogP contribution in [0.3, 0.4) is 0 Å². The Morgan fingerprint density at radius 1 is 1.13 bits per heavy atom. The third kappa shape index (κ3) is 3.30. The monoisotopic (exact) mass is 420 g/mol. The van der Waals surface area contributed by atoms with Gasteiger partial charge in [0.15, 0.2) is 0 Å². The molecule has 2 saturated heterocycles. The topological polar surface area (TPSA) is 122 Å². The highest BCUT2D eigenvalue weighted by Crippen LogP contribution is 2.44. The minimum absolute atomic E-state index is 0.116. The fourth-order valence-electron chi connectivity index (χ4n) is 5.11. The van der Waals surface area contributed by atoms with Gasteiger partial charge in [-0.3, -0.25) is 19.8 Å². The highest BCUT2D eigenvalue weighted by molar-refractivity contribution is 6.09.